The Bertz CT molecular complexity index is 351. The van der Waals surface area contributed by atoms with Crippen LogP contribution in [0, 0.1) is 0 Å². The second-order valence-electron chi connectivity index (χ2n) is 5.15. The molecule has 1 atom stereocenters. The van der Waals surface area contributed by atoms with E-state index in [4.69, 9.17) is 4.74 Å². The van der Waals surface area contributed by atoms with Gasteiger partial charge in [0.2, 0.25) is 5.95 Å². The summed E-state index contributed by atoms with van der Waals surface area (Å²) in [5, 5.41) is 3.60. The molecule has 2 heterocycles. The molecule has 0 aromatic carbocycles. The second-order valence-corrected chi connectivity index (χ2v) is 5.15. The highest BCUT2D eigenvalue weighted by atomic mass is 16.5. The molecule has 0 radical (unpaired) electrons. The van der Waals surface area contributed by atoms with Gasteiger partial charge >= 0.3 is 0 Å². The van der Waals surface area contributed by atoms with Crippen molar-refractivity contribution in [3.63, 3.8) is 0 Å². The third kappa shape index (κ3) is 2.46. The van der Waals surface area contributed by atoms with Gasteiger partial charge in [0.1, 0.15) is 0 Å². The van der Waals surface area contributed by atoms with E-state index in [9.17, 15) is 0 Å². The zero-order chi connectivity index (χ0) is 11.5. The number of hydrogen-bond acceptors (Lipinski definition) is 3. The Morgan fingerprint density at radius 1 is 1.24 bits per heavy atom. The Morgan fingerprint density at radius 3 is 2.88 bits per heavy atom. The molecule has 1 aliphatic heterocycles. The van der Waals surface area contributed by atoms with E-state index in [0.717, 1.165) is 25.6 Å². The first kappa shape index (κ1) is 11.1. The minimum atomic E-state index is 0.476. The van der Waals surface area contributed by atoms with Crippen LogP contribution in [0.1, 0.15) is 44.6 Å². The number of nitrogens with zero attached hydrogens (tertiary/aromatic N) is 2. The lowest BCUT2D eigenvalue weighted by Gasteiger charge is -2.24. The Morgan fingerprint density at radius 2 is 2.12 bits per heavy atom. The second kappa shape index (κ2) is 5.08. The van der Waals surface area contributed by atoms with Crippen molar-refractivity contribution in [3.8, 4) is 0 Å². The monoisotopic (exact) mass is 235 g/mol. The van der Waals surface area contributed by atoms with E-state index >= 15 is 0 Å². The highest BCUT2D eigenvalue weighted by molar-refractivity contribution is 5.28. The SMILES string of the molecule is c1cn(C2CCOC2)c(NC2CCCCC2)n1. The molecule has 94 valence electrons. The maximum Gasteiger partial charge on any atom is 0.203 e. The van der Waals surface area contributed by atoms with Crippen molar-refractivity contribution in [1.82, 2.24) is 9.55 Å². The van der Waals surface area contributed by atoms with Gasteiger partial charge in [-0.2, -0.15) is 0 Å². The van der Waals surface area contributed by atoms with Crippen LogP contribution < -0.4 is 5.32 Å². The Balaban J connectivity index is 1.67. The van der Waals surface area contributed by atoms with Crippen molar-refractivity contribution in [2.75, 3.05) is 18.5 Å². The molecule has 2 aliphatic rings. The van der Waals surface area contributed by atoms with E-state index in [1.165, 1.54) is 32.1 Å². The molecule has 1 aliphatic carbocycles. The first-order valence-corrected chi connectivity index (χ1v) is 6.80. The number of rotatable bonds is 3. The fraction of sp³-hybridized carbons (Fsp3) is 0.769. The van der Waals surface area contributed by atoms with E-state index in [0.29, 0.717) is 12.1 Å². The molecule has 1 N–H and O–H groups in total. The molecule has 1 saturated heterocycles. The van der Waals surface area contributed by atoms with Crippen LogP contribution in [0.15, 0.2) is 12.4 Å². The Labute approximate surface area is 102 Å². The van der Waals surface area contributed by atoms with E-state index < -0.39 is 0 Å². The summed E-state index contributed by atoms with van der Waals surface area (Å²) in [6.45, 7) is 1.71. The summed E-state index contributed by atoms with van der Waals surface area (Å²) in [7, 11) is 0. The minimum Gasteiger partial charge on any atom is -0.379 e. The average molecular weight is 235 g/mol. The van der Waals surface area contributed by atoms with Crippen molar-refractivity contribution in [3.05, 3.63) is 12.4 Å². The van der Waals surface area contributed by atoms with E-state index in [-0.39, 0.29) is 0 Å². The van der Waals surface area contributed by atoms with Gasteiger partial charge in [-0.05, 0) is 19.3 Å². The molecule has 17 heavy (non-hydrogen) atoms. The highest BCUT2D eigenvalue weighted by Gasteiger charge is 2.21. The van der Waals surface area contributed by atoms with Gasteiger partial charge in [0.15, 0.2) is 0 Å². The van der Waals surface area contributed by atoms with Gasteiger partial charge in [0.25, 0.3) is 0 Å². The number of ether oxygens (including phenoxy) is 1. The first-order chi connectivity index (χ1) is 8.43. The zero-order valence-electron chi connectivity index (χ0n) is 10.3. The Kier molecular flexibility index (Phi) is 3.31. The summed E-state index contributed by atoms with van der Waals surface area (Å²) < 4.78 is 7.70. The zero-order valence-corrected chi connectivity index (χ0v) is 10.3. The van der Waals surface area contributed by atoms with Crippen molar-refractivity contribution in [2.45, 2.75) is 50.6 Å². The fourth-order valence-corrected chi connectivity index (χ4v) is 2.89. The van der Waals surface area contributed by atoms with Gasteiger partial charge in [-0.3, -0.25) is 0 Å². The van der Waals surface area contributed by atoms with Crippen molar-refractivity contribution in [2.24, 2.45) is 0 Å². The van der Waals surface area contributed by atoms with E-state index in [1.807, 2.05) is 6.20 Å². The summed E-state index contributed by atoms with van der Waals surface area (Å²) in [5.41, 5.74) is 0. The maximum atomic E-state index is 5.45. The molecule has 1 aromatic rings. The third-order valence-electron chi connectivity index (χ3n) is 3.91. The minimum absolute atomic E-state index is 0.476. The van der Waals surface area contributed by atoms with Gasteiger partial charge in [0.05, 0.1) is 12.6 Å². The van der Waals surface area contributed by atoms with Gasteiger partial charge < -0.3 is 14.6 Å². The summed E-state index contributed by atoms with van der Waals surface area (Å²) in [6.07, 6.45) is 11.7. The lowest BCUT2D eigenvalue weighted by Crippen LogP contribution is -2.25. The number of anilines is 1. The highest BCUT2D eigenvalue weighted by Crippen LogP contribution is 2.25. The quantitative estimate of drug-likeness (QED) is 0.875. The summed E-state index contributed by atoms with van der Waals surface area (Å²) in [5.74, 6) is 1.03. The topological polar surface area (TPSA) is 39.1 Å². The molecular formula is C13H21N3O. The fourth-order valence-electron chi connectivity index (χ4n) is 2.89. The third-order valence-corrected chi connectivity index (χ3v) is 3.91. The lowest BCUT2D eigenvalue weighted by atomic mass is 9.96. The lowest BCUT2D eigenvalue weighted by molar-refractivity contribution is 0.187. The van der Waals surface area contributed by atoms with Gasteiger partial charge in [0, 0.05) is 25.0 Å². The predicted octanol–water partition coefficient (Wildman–Crippen LogP) is 2.59. The van der Waals surface area contributed by atoms with Crippen LogP contribution in [-0.2, 0) is 4.74 Å². The Hall–Kier alpha value is -1.03. The molecule has 3 rings (SSSR count). The number of nitrogens with one attached hydrogen (secondary N) is 1. The number of aromatic nitrogens is 2. The van der Waals surface area contributed by atoms with Crippen LogP contribution in [0.4, 0.5) is 5.95 Å². The standard InChI is InChI=1S/C13H21N3O/c1-2-4-11(5-3-1)15-13-14-7-8-16(13)12-6-9-17-10-12/h7-8,11-12H,1-6,9-10H2,(H,14,15). The molecule has 0 spiro atoms. The van der Waals surface area contributed by atoms with Crippen LogP contribution >= 0.6 is 0 Å². The van der Waals surface area contributed by atoms with E-state index in [2.05, 4.69) is 21.1 Å². The summed E-state index contributed by atoms with van der Waals surface area (Å²) in [4.78, 5) is 4.45. The molecule has 4 heteroatoms. The van der Waals surface area contributed by atoms with Gasteiger partial charge in [-0.1, -0.05) is 19.3 Å². The van der Waals surface area contributed by atoms with Crippen LogP contribution in [0.2, 0.25) is 0 Å². The summed E-state index contributed by atoms with van der Waals surface area (Å²) >= 11 is 0. The number of imidazole rings is 1. The number of hydrogen-bond donors (Lipinski definition) is 1. The molecule has 2 fully saturated rings. The normalized spacial score (nSPS) is 26.2. The van der Waals surface area contributed by atoms with Crippen LogP contribution in [-0.4, -0.2) is 28.8 Å². The molecule has 4 nitrogen and oxygen atoms in total. The van der Waals surface area contributed by atoms with Crippen molar-refractivity contribution in [1.29, 1.82) is 0 Å². The molecular weight excluding hydrogens is 214 g/mol. The molecule has 0 bridgehead atoms. The van der Waals surface area contributed by atoms with Gasteiger partial charge in [-0.15, -0.1) is 0 Å². The average Bonchev–Trinajstić information content (AvgIpc) is 3.00. The van der Waals surface area contributed by atoms with Crippen LogP contribution in [0.25, 0.3) is 0 Å². The summed E-state index contributed by atoms with van der Waals surface area (Å²) in [6, 6.07) is 1.09. The molecule has 0 amide bonds. The largest absolute Gasteiger partial charge is 0.379 e. The van der Waals surface area contributed by atoms with E-state index in [1.54, 1.807) is 0 Å². The van der Waals surface area contributed by atoms with Gasteiger partial charge in [-0.25, -0.2) is 4.98 Å². The van der Waals surface area contributed by atoms with Crippen LogP contribution in [0.5, 0.6) is 0 Å². The smallest absolute Gasteiger partial charge is 0.203 e. The van der Waals surface area contributed by atoms with Crippen molar-refractivity contribution < 1.29 is 4.74 Å². The molecule has 1 saturated carbocycles. The molecule has 1 aromatic heterocycles. The van der Waals surface area contributed by atoms with Crippen LogP contribution in [0.3, 0.4) is 0 Å². The molecule has 1 unspecified atom stereocenters. The first-order valence-electron chi connectivity index (χ1n) is 6.80. The van der Waals surface area contributed by atoms with Crippen molar-refractivity contribution >= 4 is 5.95 Å². The maximum absolute atomic E-state index is 5.45. The predicted molar refractivity (Wildman–Crippen MR) is 67.2 cm³/mol.